The molecule has 7 heteroatoms. The lowest BCUT2D eigenvalue weighted by molar-refractivity contribution is -0.157. The van der Waals surface area contributed by atoms with Gasteiger partial charge in [0.2, 0.25) is 0 Å². The van der Waals surface area contributed by atoms with Gasteiger partial charge in [-0.05, 0) is 0 Å². The first kappa shape index (κ1) is 13.5. The van der Waals surface area contributed by atoms with E-state index < -0.39 is 12.1 Å². The molecular formula is C10H13F3N4. The first-order valence-corrected chi connectivity index (χ1v) is 5.08. The number of nitrogens with one attached hydrogen (secondary N) is 1. The molecule has 1 atom stereocenters. The molecule has 0 amide bonds. The van der Waals surface area contributed by atoms with Crippen LogP contribution < -0.4 is 5.32 Å². The van der Waals surface area contributed by atoms with Crippen molar-refractivity contribution in [3.8, 4) is 6.07 Å². The maximum Gasteiger partial charge on any atom is 0.405 e. The lowest BCUT2D eigenvalue weighted by Crippen LogP contribution is -2.33. The van der Waals surface area contributed by atoms with E-state index in [-0.39, 0.29) is 6.54 Å². The van der Waals surface area contributed by atoms with E-state index in [4.69, 9.17) is 5.26 Å². The molecule has 0 spiro atoms. The van der Waals surface area contributed by atoms with E-state index in [1.165, 1.54) is 6.07 Å². The van der Waals surface area contributed by atoms with Gasteiger partial charge >= 0.3 is 6.18 Å². The van der Waals surface area contributed by atoms with E-state index >= 15 is 0 Å². The second-order valence-corrected chi connectivity index (χ2v) is 3.63. The fraction of sp³-hybridized carbons (Fsp3) is 0.600. The van der Waals surface area contributed by atoms with E-state index in [2.05, 4.69) is 10.3 Å². The number of aryl methyl sites for hydroxylation is 1. The number of hydrogen-bond acceptors (Lipinski definition) is 3. The van der Waals surface area contributed by atoms with E-state index in [9.17, 15) is 13.2 Å². The highest BCUT2D eigenvalue weighted by Crippen LogP contribution is 2.24. The third-order valence-corrected chi connectivity index (χ3v) is 2.35. The van der Waals surface area contributed by atoms with Crippen molar-refractivity contribution in [3.63, 3.8) is 0 Å². The summed E-state index contributed by atoms with van der Waals surface area (Å²) in [7, 11) is 1.82. The highest BCUT2D eigenvalue weighted by atomic mass is 19.4. The molecule has 0 fully saturated rings. The average Bonchev–Trinajstić information content (AvgIpc) is 2.62. The maximum absolute atomic E-state index is 12.2. The van der Waals surface area contributed by atoms with E-state index in [1.54, 1.807) is 17.0 Å². The molecule has 0 aliphatic carbocycles. The minimum absolute atomic E-state index is 0.360. The Morgan fingerprint density at radius 2 is 2.29 bits per heavy atom. The minimum atomic E-state index is -4.47. The molecule has 0 aliphatic rings. The normalized spacial score (nSPS) is 13.4. The molecule has 0 aromatic carbocycles. The molecule has 94 valence electrons. The van der Waals surface area contributed by atoms with Gasteiger partial charge in [0.25, 0.3) is 0 Å². The zero-order valence-electron chi connectivity index (χ0n) is 9.33. The summed E-state index contributed by atoms with van der Waals surface area (Å²) in [4.78, 5) is 4.04. The zero-order valence-corrected chi connectivity index (χ0v) is 9.33. The minimum Gasteiger partial charge on any atom is -0.338 e. The van der Waals surface area contributed by atoms with Gasteiger partial charge in [0.1, 0.15) is 5.82 Å². The Bertz CT molecular complexity index is 391. The van der Waals surface area contributed by atoms with Crippen LogP contribution in [0, 0.1) is 17.2 Å². The van der Waals surface area contributed by atoms with Crippen LogP contribution in [0.3, 0.4) is 0 Å². The smallest absolute Gasteiger partial charge is 0.338 e. The van der Waals surface area contributed by atoms with Crippen molar-refractivity contribution in [2.24, 2.45) is 13.0 Å². The van der Waals surface area contributed by atoms with Crippen LogP contribution in [0.5, 0.6) is 0 Å². The molecular weight excluding hydrogens is 233 g/mol. The van der Waals surface area contributed by atoms with E-state index in [0.717, 1.165) is 5.82 Å². The van der Waals surface area contributed by atoms with Crippen LogP contribution in [0.25, 0.3) is 0 Å². The van der Waals surface area contributed by atoms with Crippen molar-refractivity contribution >= 4 is 0 Å². The monoisotopic (exact) mass is 246 g/mol. The van der Waals surface area contributed by atoms with Crippen molar-refractivity contribution in [1.82, 2.24) is 14.9 Å². The largest absolute Gasteiger partial charge is 0.405 e. The lowest BCUT2D eigenvalue weighted by atomic mass is 10.1. The number of hydrogen-bond donors (Lipinski definition) is 1. The fourth-order valence-corrected chi connectivity index (χ4v) is 1.32. The van der Waals surface area contributed by atoms with Crippen LogP contribution in [-0.4, -0.2) is 28.8 Å². The molecule has 0 radical (unpaired) electrons. The maximum atomic E-state index is 12.2. The number of halogens is 3. The number of alkyl halides is 3. The number of nitriles is 1. The molecule has 0 saturated heterocycles. The molecule has 1 aromatic rings. The predicted molar refractivity (Wildman–Crippen MR) is 54.9 cm³/mol. The Labute approximate surface area is 97.1 Å². The Morgan fingerprint density at radius 3 is 2.76 bits per heavy atom. The quantitative estimate of drug-likeness (QED) is 0.796. The standard InChI is InChI=1S/C10H13F3N4/c1-17-5-4-16-9(17)2-3-15-7-8(6-14)10(11,12)13/h4-5,8,15H,2-3,7H2,1H3. The Morgan fingerprint density at radius 1 is 1.59 bits per heavy atom. The fourth-order valence-electron chi connectivity index (χ4n) is 1.32. The molecule has 17 heavy (non-hydrogen) atoms. The molecule has 1 unspecified atom stereocenters. The summed E-state index contributed by atoms with van der Waals surface area (Å²) in [6.45, 7) is -0.0243. The third kappa shape index (κ3) is 4.07. The second kappa shape index (κ2) is 5.68. The van der Waals surface area contributed by atoms with Gasteiger partial charge in [-0.1, -0.05) is 0 Å². The molecule has 1 aromatic heterocycles. The summed E-state index contributed by atoms with van der Waals surface area (Å²) in [6.07, 6.45) is -0.545. The van der Waals surface area contributed by atoms with Gasteiger partial charge in [0.15, 0.2) is 5.92 Å². The SMILES string of the molecule is Cn1ccnc1CCNCC(C#N)C(F)(F)F. The topological polar surface area (TPSA) is 53.6 Å². The van der Waals surface area contributed by atoms with Gasteiger partial charge in [-0.15, -0.1) is 0 Å². The summed E-state index contributed by atoms with van der Waals surface area (Å²) in [5.74, 6) is -1.16. The molecule has 1 rings (SSSR count). The van der Waals surface area contributed by atoms with E-state index in [0.29, 0.717) is 13.0 Å². The molecule has 1 heterocycles. The van der Waals surface area contributed by atoms with Crippen molar-refractivity contribution in [1.29, 1.82) is 5.26 Å². The Hall–Kier alpha value is -1.55. The highest BCUT2D eigenvalue weighted by molar-refractivity contribution is 4.93. The Kier molecular flexibility index (Phi) is 4.52. The summed E-state index contributed by atoms with van der Waals surface area (Å²) >= 11 is 0. The zero-order chi connectivity index (χ0) is 12.9. The molecule has 4 nitrogen and oxygen atoms in total. The second-order valence-electron chi connectivity index (χ2n) is 3.63. The van der Waals surface area contributed by atoms with Crippen LogP contribution in [0.1, 0.15) is 5.82 Å². The van der Waals surface area contributed by atoms with Crippen molar-refractivity contribution in [3.05, 3.63) is 18.2 Å². The summed E-state index contributed by atoms with van der Waals surface area (Å²) < 4.78 is 38.4. The van der Waals surface area contributed by atoms with Gasteiger partial charge in [-0.2, -0.15) is 18.4 Å². The Balaban J connectivity index is 2.29. The van der Waals surface area contributed by atoms with Crippen molar-refractivity contribution in [2.45, 2.75) is 12.6 Å². The number of aromatic nitrogens is 2. The molecule has 0 bridgehead atoms. The number of rotatable bonds is 5. The van der Waals surface area contributed by atoms with Crippen molar-refractivity contribution < 1.29 is 13.2 Å². The van der Waals surface area contributed by atoms with Gasteiger partial charge in [-0.25, -0.2) is 4.98 Å². The van der Waals surface area contributed by atoms with Crippen molar-refractivity contribution in [2.75, 3.05) is 13.1 Å². The van der Waals surface area contributed by atoms with Gasteiger partial charge < -0.3 is 9.88 Å². The van der Waals surface area contributed by atoms with Gasteiger partial charge in [0, 0.05) is 39.0 Å². The first-order chi connectivity index (χ1) is 7.95. The van der Waals surface area contributed by atoms with Crippen LogP contribution in [0.4, 0.5) is 13.2 Å². The summed E-state index contributed by atoms with van der Waals surface area (Å²) in [5, 5.41) is 11.0. The van der Waals surface area contributed by atoms with Gasteiger partial charge in [-0.3, -0.25) is 0 Å². The van der Waals surface area contributed by atoms with Crippen LogP contribution in [0.2, 0.25) is 0 Å². The lowest BCUT2D eigenvalue weighted by Gasteiger charge is -2.13. The van der Waals surface area contributed by atoms with E-state index in [1.807, 2.05) is 7.05 Å². The number of nitrogens with zero attached hydrogens (tertiary/aromatic N) is 3. The first-order valence-electron chi connectivity index (χ1n) is 5.08. The summed E-state index contributed by atoms with van der Waals surface area (Å²) in [6, 6.07) is 1.24. The third-order valence-electron chi connectivity index (χ3n) is 2.35. The van der Waals surface area contributed by atoms with Crippen LogP contribution >= 0.6 is 0 Å². The molecule has 1 N–H and O–H groups in total. The highest BCUT2D eigenvalue weighted by Gasteiger charge is 2.39. The van der Waals surface area contributed by atoms with Gasteiger partial charge in [0.05, 0.1) is 6.07 Å². The molecule has 0 aliphatic heterocycles. The van der Waals surface area contributed by atoms with Crippen LogP contribution in [-0.2, 0) is 13.5 Å². The summed E-state index contributed by atoms with van der Waals surface area (Å²) in [5.41, 5.74) is 0. The average molecular weight is 246 g/mol. The predicted octanol–water partition coefficient (Wildman–Crippen LogP) is 1.25. The number of imidazole rings is 1. The molecule has 0 saturated carbocycles. The van der Waals surface area contributed by atoms with Crippen LogP contribution in [0.15, 0.2) is 12.4 Å².